The SMILES string of the molecule is COc1ccc(CN2C(=O)CN(C3CCCCCC3)C(=O)[C@@H]2c2ccc(C)cc2)cc1. The first kappa shape index (κ1) is 21.4. The molecule has 4 rings (SSSR count). The Morgan fingerprint density at radius 3 is 2.16 bits per heavy atom. The van der Waals surface area contributed by atoms with Crippen molar-refractivity contribution in [2.45, 2.75) is 64.1 Å². The van der Waals surface area contributed by atoms with Crippen molar-refractivity contribution in [2.75, 3.05) is 13.7 Å². The van der Waals surface area contributed by atoms with Crippen LogP contribution in [0.1, 0.15) is 61.3 Å². The highest BCUT2D eigenvalue weighted by molar-refractivity contribution is 5.95. The van der Waals surface area contributed by atoms with Crippen LogP contribution in [0, 0.1) is 6.92 Å². The lowest BCUT2D eigenvalue weighted by Gasteiger charge is -2.43. The van der Waals surface area contributed by atoms with Crippen molar-refractivity contribution < 1.29 is 14.3 Å². The molecule has 2 aromatic rings. The third-order valence-electron chi connectivity index (χ3n) is 6.63. The molecule has 2 fully saturated rings. The predicted molar refractivity (Wildman–Crippen MR) is 121 cm³/mol. The number of aryl methyl sites for hydroxylation is 1. The molecule has 1 atom stereocenters. The summed E-state index contributed by atoms with van der Waals surface area (Å²) in [5.41, 5.74) is 3.01. The highest BCUT2D eigenvalue weighted by atomic mass is 16.5. The Bertz CT molecular complexity index is 899. The molecule has 1 saturated heterocycles. The number of nitrogens with zero attached hydrogens (tertiary/aromatic N) is 2. The predicted octanol–water partition coefficient (Wildman–Crippen LogP) is 4.64. The fraction of sp³-hybridized carbons (Fsp3) is 0.462. The third-order valence-corrected chi connectivity index (χ3v) is 6.63. The fourth-order valence-corrected chi connectivity index (χ4v) is 4.81. The lowest BCUT2D eigenvalue weighted by Crippen LogP contribution is -2.57. The van der Waals surface area contributed by atoms with Crippen LogP contribution in [-0.4, -0.2) is 41.3 Å². The van der Waals surface area contributed by atoms with Gasteiger partial charge in [0, 0.05) is 12.6 Å². The molecule has 2 amide bonds. The van der Waals surface area contributed by atoms with Gasteiger partial charge in [-0.05, 0) is 43.0 Å². The average molecular weight is 421 g/mol. The van der Waals surface area contributed by atoms with Gasteiger partial charge < -0.3 is 14.5 Å². The summed E-state index contributed by atoms with van der Waals surface area (Å²) in [5, 5.41) is 0. The van der Waals surface area contributed by atoms with E-state index < -0.39 is 6.04 Å². The normalized spacial score (nSPS) is 20.6. The van der Waals surface area contributed by atoms with Crippen molar-refractivity contribution in [2.24, 2.45) is 0 Å². The van der Waals surface area contributed by atoms with Gasteiger partial charge in [0.15, 0.2) is 0 Å². The number of carbonyl (C=O) groups is 2. The number of carbonyl (C=O) groups excluding carboxylic acids is 2. The van der Waals surface area contributed by atoms with Gasteiger partial charge in [-0.25, -0.2) is 0 Å². The van der Waals surface area contributed by atoms with E-state index in [1.165, 1.54) is 12.8 Å². The monoisotopic (exact) mass is 420 g/mol. The van der Waals surface area contributed by atoms with Crippen molar-refractivity contribution in [3.05, 3.63) is 65.2 Å². The highest BCUT2D eigenvalue weighted by Gasteiger charge is 2.42. The van der Waals surface area contributed by atoms with Crippen molar-refractivity contribution in [1.29, 1.82) is 0 Å². The lowest BCUT2D eigenvalue weighted by atomic mass is 9.96. The Morgan fingerprint density at radius 1 is 0.903 bits per heavy atom. The van der Waals surface area contributed by atoms with Crippen molar-refractivity contribution >= 4 is 11.8 Å². The molecule has 0 aromatic heterocycles. The van der Waals surface area contributed by atoms with Gasteiger partial charge in [-0.3, -0.25) is 9.59 Å². The molecule has 5 nitrogen and oxygen atoms in total. The largest absolute Gasteiger partial charge is 0.497 e. The molecule has 0 bridgehead atoms. The van der Waals surface area contributed by atoms with Crippen molar-refractivity contribution in [3.8, 4) is 5.75 Å². The minimum atomic E-state index is -0.577. The van der Waals surface area contributed by atoms with E-state index in [1.807, 2.05) is 60.4 Å². The molecule has 0 unspecified atom stereocenters. The van der Waals surface area contributed by atoms with Gasteiger partial charge in [0.1, 0.15) is 18.3 Å². The summed E-state index contributed by atoms with van der Waals surface area (Å²) in [6.07, 6.45) is 6.70. The molecule has 0 spiro atoms. The molecule has 31 heavy (non-hydrogen) atoms. The summed E-state index contributed by atoms with van der Waals surface area (Å²) >= 11 is 0. The lowest BCUT2D eigenvalue weighted by molar-refractivity contribution is -0.159. The number of piperazine rings is 1. The molecule has 1 saturated carbocycles. The van der Waals surface area contributed by atoms with E-state index in [0.717, 1.165) is 48.1 Å². The minimum Gasteiger partial charge on any atom is -0.497 e. The first-order chi connectivity index (χ1) is 15.1. The maximum Gasteiger partial charge on any atom is 0.250 e. The van der Waals surface area contributed by atoms with Crippen LogP contribution < -0.4 is 4.74 Å². The second kappa shape index (κ2) is 9.54. The topological polar surface area (TPSA) is 49.9 Å². The molecular formula is C26H32N2O3. The van der Waals surface area contributed by atoms with Crippen molar-refractivity contribution in [1.82, 2.24) is 9.80 Å². The second-order valence-corrected chi connectivity index (χ2v) is 8.79. The summed E-state index contributed by atoms with van der Waals surface area (Å²) in [4.78, 5) is 30.8. The second-order valence-electron chi connectivity index (χ2n) is 8.79. The Kier molecular flexibility index (Phi) is 6.59. The summed E-state index contributed by atoms with van der Waals surface area (Å²) in [7, 11) is 1.64. The van der Waals surface area contributed by atoms with E-state index in [1.54, 1.807) is 12.0 Å². The number of hydrogen-bond donors (Lipinski definition) is 0. The Hall–Kier alpha value is -2.82. The Morgan fingerprint density at radius 2 is 1.55 bits per heavy atom. The molecule has 164 valence electrons. The van der Waals surface area contributed by atoms with E-state index in [-0.39, 0.29) is 24.4 Å². The standard InChI is InChI=1S/C26H32N2O3/c1-19-9-13-21(14-10-19)25-26(30)27(22-7-5-3-4-6-8-22)18-24(29)28(25)17-20-11-15-23(31-2)16-12-20/h9-16,22,25H,3-8,17-18H2,1-2H3/t25-/m0/s1. The van der Waals surface area contributed by atoms with Crippen LogP contribution in [0.5, 0.6) is 5.75 Å². The van der Waals surface area contributed by atoms with Crippen LogP contribution in [-0.2, 0) is 16.1 Å². The average Bonchev–Trinajstić information content (AvgIpc) is 3.07. The molecule has 1 aliphatic heterocycles. The summed E-state index contributed by atoms with van der Waals surface area (Å²) in [6.45, 7) is 2.62. The zero-order valence-electron chi connectivity index (χ0n) is 18.5. The van der Waals surface area contributed by atoms with Crippen LogP contribution in [0.15, 0.2) is 48.5 Å². The van der Waals surface area contributed by atoms with Crippen molar-refractivity contribution in [3.63, 3.8) is 0 Å². The highest BCUT2D eigenvalue weighted by Crippen LogP contribution is 2.33. The number of amides is 2. The third kappa shape index (κ3) is 4.76. The zero-order valence-corrected chi connectivity index (χ0v) is 18.5. The van der Waals surface area contributed by atoms with Gasteiger partial charge in [0.05, 0.1) is 7.11 Å². The van der Waals surface area contributed by atoms with E-state index in [9.17, 15) is 9.59 Å². The van der Waals surface area contributed by atoms with Gasteiger partial charge in [-0.1, -0.05) is 67.6 Å². The van der Waals surface area contributed by atoms with Gasteiger partial charge >= 0.3 is 0 Å². The Balaban J connectivity index is 1.64. The first-order valence-corrected chi connectivity index (χ1v) is 11.4. The van der Waals surface area contributed by atoms with Gasteiger partial charge in [-0.2, -0.15) is 0 Å². The van der Waals surface area contributed by atoms with Crippen LogP contribution in [0.3, 0.4) is 0 Å². The summed E-state index contributed by atoms with van der Waals surface area (Å²) < 4.78 is 5.25. The molecule has 2 aliphatic rings. The van der Waals surface area contributed by atoms with Gasteiger partial charge in [0.2, 0.25) is 5.91 Å². The smallest absolute Gasteiger partial charge is 0.250 e. The number of hydrogen-bond acceptors (Lipinski definition) is 3. The quantitative estimate of drug-likeness (QED) is 0.662. The number of benzene rings is 2. The van der Waals surface area contributed by atoms with Crippen LogP contribution in [0.4, 0.5) is 0 Å². The van der Waals surface area contributed by atoms with E-state index in [4.69, 9.17) is 4.74 Å². The van der Waals surface area contributed by atoms with Gasteiger partial charge in [0.25, 0.3) is 5.91 Å². The maximum atomic E-state index is 13.8. The van der Waals surface area contributed by atoms with E-state index in [2.05, 4.69) is 0 Å². The molecule has 5 heteroatoms. The molecule has 1 aliphatic carbocycles. The Labute approximate surface area is 185 Å². The van der Waals surface area contributed by atoms with E-state index in [0.29, 0.717) is 6.54 Å². The molecule has 0 N–H and O–H groups in total. The number of rotatable bonds is 5. The number of methoxy groups -OCH3 is 1. The minimum absolute atomic E-state index is 0.0187. The summed E-state index contributed by atoms with van der Waals surface area (Å²) in [5.74, 6) is 0.855. The fourth-order valence-electron chi connectivity index (χ4n) is 4.81. The summed E-state index contributed by atoms with van der Waals surface area (Å²) in [6, 6.07) is 15.3. The van der Waals surface area contributed by atoms with E-state index >= 15 is 0 Å². The number of ether oxygens (including phenoxy) is 1. The molecule has 1 heterocycles. The molecule has 2 aromatic carbocycles. The van der Waals surface area contributed by atoms with Crippen LogP contribution in [0.25, 0.3) is 0 Å². The van der Waals surface area contributed by atoms with Crippen LogP contribution >= 0.6 is 0 Å². The van der Waals surface area contributed by atoms with Gasteiger partial charge in [-0.15, -0.1) is 0 Å². The maximum absolute atomic E-state index is 13.8. The zero-order chi connectivity index (χ0) is 21.8. The molecular weight excluding hydrogens is 388 g/mol. The first-order valence-electron chi connectivity index (χ1n) is 11.4. The van der Waals surface area contributed by atoms with Crippen LogP contribution in [0.2, 0.25) is 0 Å². The molecule has 0 radical (unpaired) electrons.